The molecule has 4 rings (SSSR count). The smallest absolute Gasteiger partial charge is 0.295 e. The largest absolute Gasteiger partial charge is 0.336 e. The molecule has 1 saturated carbocycles. The number of hydrogen-bond donors (Lipinski definition) is 0. The van der Waals surface area contributed by atoms with E-state index in [0.29, 0.717) is 38.8 Å². The fourth-order valence-electron chi connectivity index (χ4n) is 5.20. The highest BCUT2D eigenvalue weighted by atomic mass is 16.2. The van der Waals surface area contributed by atoms with Crippen LogP contribution in [0.1, 0.15) is 71.4 Å². The molecule has 1 amide bonds. The zero-order valence-electron chi connectivity index (χ0n) is 18.9. The molecule has 0 radical (unpaired) electrons. The molecule has 8 heteroatoms. The van der Waals surface area contributed by atoms with Crippen molar-refractivity contribution in [2.24, 2.45) is 12.5 Å². The molecule has 2 aliphatic rings. The van der Waals surface area contributed by atoms with Crippen molar-refractivity contribution in [2.75, 3.05) is 13.1 Å². The normalized spacial score (nSPS) is 18.6. The Morgan fingerprint density at radius 1 is 1.09 bits per heavy atom. The predicted octanol–water partition coefficient (Wildman–Crippen LogP) is 2.14. The number of benzene rings is 1. The van der Waals surface area contributed by atoms with Crippen LogP contribution in [0.5, 0.6) is 0 Å². The van der Waals surface area contributed by atoms with E-state index in [0.717, 1.165) is 22.3 Å². The van der Waals surface area contributed by atoms with Gasteiger partial charge in [0.1, 0.15) is 17.5 Å². The second-order valence-corrected chi connectivity index (χ2v) is 9.01. The van der Waals surface area contributed by atoms with Gasteiger partial charge in [0.25, 0.3) is 11.7 Å². The minimum atomic E-state index is -0.701. The lowest BCUT2D eigenvalue weighted by molar-refractivity contribution is -0.138. The van der Waals surface area contributed by atoms with Gasteiger partial charge in [-0.2, -0.15) is 4.80 Å². The van der Waals surface area contributed by atoms with E-state index in [1.807, 2.05) is 26.0 Å². The van der Waals surface area contributed by atoms with Crippen LogP contribution in [0.3, 0.4) is 0 Å². The number of carbonyl (C=O) groups is 3. The van der Waals surface area contributed by atoms with E-state index in [9.17, 15) is 14.4 Å². The highest BCUT2D eigenvalue weighted by Gasteiger charge is 2.48. The number of hydrogen-bond acceptors (Lipinski definition) is 6. The van der Waals surface area contributed by atoms with Crippen LogP contribution >= 0.6 is 0 Å². The lowest BCUT2D eigenvalue weighted by atomic mass is 9.62. The van der Waals surface area contributed by atoms with Crippen LogP contribution in [-0.2, 0) is 16.6 Å². The summed E-state index contributed by atoms with van der Waals surface area (Å²) >= 11 is 0. The van der Waals surface area contributed by atoms with Gasteiger partial charge >= 0.3 is 0 Å². The lowest BCUT2D eigenvalue weighted by Crippen LogP contribution is -2.48. The molecule has 1 spiro atoms. The molecule has 1 aromatic carbocycles. The van der Waals surface area contributed by atoms with Crippen molar-refractivity contribution >= 4 is 17.5 Å². The first-order valence-electron chi connectivity index (χ1n) is 10.9. The predicted molar refractivity (Wildman–Crippen MR) is 117 cm³/mol. The number of aromatic nitrogens is 4. The fraction of sp³-hybridized carbons (Fsp3) is 0.500. The van der Waals surface area contributed by atoms with E-state index in [2.05, 4.69) is 27.3 Å². The van der Waals surface area contributed by atoms with Crippen LogP contribution in [-0.4, -0.2) is 55.7 Å². The van der Waals surface area contributed by atoms with Crippen LogP contribution in [0, 0.1) is 31.1 Å². The van der Waals surface area contributed by atoms with E-state index in [1.165, 1.54) is 4.80 Å². The first-order chi connectivity index (χ1) is 15.2. The Bertz CT molecular complexity index is 1120. The molecule has 32 heavy (non-hydrogen) atoms. The minimum absolute atomic E-state index is 0.0165. The van der Waals surface area contributed by atoms with Gasteiger partial charge in [-0.25, -0.2) is 0 Å². The number of aryl methyl sites for hydroxylation is 3. The molecule has 0 unspecified atom stereocenters. The fourth-order valence-corrected chi connectivity index (χ4v) is 5.20. The number of nitrogens with zero attached hydrogens (tertiary/aromatic N) is 5. The molecular formula is C24H27N5O3. The standard InChI is InChI=1S/C24H27N5O3/c1-5-6-17-11-15(2)20(16(3)12-17)21-18(30)13-24(14-19(21)31)7-9-29(10-8-24)23(32)22-25-27-28(4)26-22/h11-12,21H,7-10,13-14H2,1-4H3. The van der Waals surface area contributed by atoms with Crippen LogP contribution in [0.25, 0.3) is 0 Å². The van der Waals surface area contributed by atoms with E-state index >= 15 is 0 Å². The van der Waals surface area contributed by atoms with Crippen LogP contribution in [0.4, 0.5) is 0 Å². The average molecular weight is 434 g/mol. The van der Waals surface area contributed by atoms with Gasteiger partial charge in [-0.3, -0.25) is 14.4 Å². The van der Waals surface area contributed by atoms with Gasteiger partial charge in [-0.15, -0.1) is 16.1 Å². The molecule has 2 heterocycles. The van der Waals surface area contributed by atoms with Crippen molar-refractivity contribution in [3.63, 3.8) is 0 Å². The summed E-state index contributed by atoms with van der Waals surface area (Å²) in [6.07, 6.45) is 1.97. The third kappa shape index (κ3) is 3.95. The first-order valence-corrected chi connectivity index (χ1v) is 10.9. The number of carbonyl (C=O) groups excluding carboxylic acids is 3. The van der Waals surface area contributed by atoms with Gasteiger partial charge < -0.3 is 4.90 Å². The van der Waals surface area contributed by atoms with E-state index in [-0.39, 0.29) is 28.7 Å². The quantitative estimate of drug-likeness (QED) is 0.532. The number of likely N-dealkylation sites (tertiary alicyclic amines) is 1. The van der Waals surface area contributed by atoms with Gasteiger partial charge in [0.05, 0.1) is 7.05 Å². The van der Waals surface area contributed by atoms with Crippen molar-refractivity contribution in [3.05, 3.63) is 40.2 Å². The van der Waals surface area contributed by atoms with Crippen LogP contribution < -0.4 is 0 Å². The first kappa shape index (κ1) is 21.9. The van der Waals surface area contributed by atoms with E-state index in [4.69, 9.17) is 0 Å². The Morgan fingerprint density at radius 2 is 1.69 bits per heavy atom. The Balaban J connectivity index is 1.49. The Morgan fingerprint density at radius 3 is 2.19 bits per heavy atom. The van der Waals surface area contributed by atoms with Gasteiger partial charge in [0.15, 0.2) is 0 Å². The second-order valence-electron chi connectivity index (χ2n) is 9.01. The number of ketones is 2. The summed E-state index contributed by atoms with van der Waals surface area (Å²) in [5.74, 6) is 5.01. The molecular weight excluding hydrogens is 406 g/mol. The Hall–Kier alpha value is -3.34. The maximum Gasteiger partial charge on any atom is 0.295 e. The van der Waals surface area contributed by atoms with Gasteiger partial charge in [0.2, 0.25) is 0 Å². The number of Topliss-reactive ketones (excluding diaryl/α,β-unsaturated/α-hetero) is 2. The second kappa shape index (κ2) is 8.30. The minimum Gasteiger partial charge on any atom is -0.336 e. The van der Waals surface area contributed by atoms with Crippen molar-refractivity contribution in [2.45, 2.75) is 52.4 Å². The number of amides is 1. The molecule has 0 bridgehead atoms. The maximum absolute atomic E-state index is 13.3. The van der Waals surface area contributed by atoms with E-state index < -0.39 is 5.92 Å². The van der Waals surface area contributed by atoms with Crippen LogP contribution in [0.2, 0.25) is 0 Å². The summed E-state index contributed by atoms with van der Waals surface area (Å²) in [6, 6.07) is 3.91. The third-order valence-corrected chi connectivity index (χ3v) is 6.71. The Labute approximate surface area is 187 Å². The molecule has 1 aliphatic heterocycles. The van der Waals surface area contributed by atoms with E-state index in [1.54, 1.807) is 18.9 Å². The molecule has 1 aliphatic carbocycles. The zero-order valence-corrected chi connectivity index (χ0v) is 18.9. The Kier molecular flexibility index (Phi) is 5.68. The maximum atomic E-state index is 13.3. The topological polar surface area (TPSA) is 98.1 Å². The molecule has 1 aromatic heterocycles. The van der Waals surface area contributed by atoms with Gasteiger partial charge in [-0.1, -0.05) is 5.92 Å². The van der Waals surface area contributed by atoms with Gasteiger partial charge in [0, 0.05) is 31.5 Å². The third-order valence-electron chi connectivity index (χ3n) is 6.71. The number of tetrazole rings is 1. The molecule has 8 nitrogen and oxygen atoms in total. The average Bonchev–Trinajstić information content (AvgIpc) is 3.16. The van der Waals surface area contributed by atoms with Crippen molar-refractivity contribution in [1.82, 2.24) is 25.1 Å². The summed E-state index contributed by atoms with van der Waals surface area (Å²) in [5.41, 5.74) is 3.22. The van der Waals surface area contributed by atoms with Crippen molar-refractivity contribution in [3.8, 4) is 11.8 Å². The summed E-state index contributed by atoms with van der Waals surface area (Å²) < 4.78 is 0. The molecule has 166 valence electrons. The summed E-state index contributed by atoms with van der Waals surface area (Å²) in [4.78, 5) is 42.1. The lowest BCUT2D eigenvalue weighted by Gasteiger charge is -2.44. The summed E-state index contributed by atoms with van der Waals surface area (Å²) in [6.45, 7) is 6.63. The number of piperidine rings is 1. The molecule has 0 atom stereocenters. The molecule has 2 aromatic rings. The monoisotopic (exact) mass is 433 g/mol. The van der Waals surface area contributed by atoms with Crippen molar-refractivity contribution < 1.29 is 14.4 Å². The molecule has 1 saturated heterocycles. The summed E-state index contributed by atoms with van der Waals surface area (Å²) in [5, 5.41) is 11.5. The highest BCUT2D eigenvalue weighted by Crippen LogP contribution is 2.46. The molecule has 0 N–H and O–H groups in total. The van der Waals surface area contributed by atoms with Gasteiger partial charge in [-0.05, 0) is 73.1 Å². The zero-order chi connectivity index (χ0) is 23.0. The van der Waals surface area contributed by atoms with Crippen LogP contribution in [0.15, 0.2) is 12.1 Å². The number of rotatable bonds is 2. The summed E-state index contributed by atoms with van der Waals surface area (Å²) in [7, 11) is 1.61. The molecule has 2 fully saturated rings. The SMILES string of the molecule is CC#Cc1cc(C)c(C2C(=O)CC3(CCN(C(=O)c4nnn(C)n4)CC3)CC2=O)c(C)c1. The van der Waals surface area contributed by atoms with Crippen molar-refractivity contribution in [1.29, 1.82) is 0 Å². The highest BCUT2D eigenvalue weighted by molar-refractivity contribution is 6.10.